The Morgan fingerprint density at radius 2 is 2.20 bits per heavy atom. The summed E-state index contributed by atoms with van der Waals surface area (Å²) in [4.78, 5) is 16.3. The quantitative estimate of drug-likeness (QED) is 0.872. The second-order valence-corrected chi connectivity index (χ2v) is 4.94. The molecule has 1 aromatic heterocycles. The molecule has 0 saturated carbocycles. The SMILES string of the molecule is CCCn1ncnc1CC1(O)C(=O)Nc2ccccc21. The molecule has 0 saturated heterocycles. The number of aliphatic hydroxyl groups is 1. The highest BCUT2D eigenvalue weighted by Crippen LogP contribution is 2.37. The van der Waals surface area contributed by atoms with Crippen molar-refractivity contribution in [2.24, 2.45) is 0 Å². The molecule has 20 heavy (non-hydrogen) atoms. The molecule has 1 amide bonds. The lowest BCUT2D eigenvalue weighted by Gasteiger charge is -2.20. The Balaban J connectivity index is 1.97. The fourth-order valence-electron chi connectivity index (χ4n) is 2.53. The predicted molar refractivity (Wildman–Crippen MR) is 73.0 cm³/mol. The highest BCUT2D eigenvalue weighted by Gasteiger charge is 2.46. The minimum atomic E-state index is -1.57. The molecule has 6 nitrogen and oxygen atoms in total. The smallest absolute Gasteiger partial charge is 0.261 e. The number of carbonyl (C=O) groups excluding carboxylic acids is 1. The Morgan fingerprint density at radius 1 is 1.40 bits per heavy atom. The van der Waals surface area contributed by atoms with E-state index in [9.17, 15) is 9.90 Å². The molecule has 3 rings (SSSR count). The van der Waals surface area contributed by atoms with Gasteiger partial charge in [0.15, 0.2) is 5.60 Å². The molecule has 104 valence electrons. The van der Waals surface area contributed by atoms with Gasteiger partial charge in [0.25, 0.3) is 5.91 Å². The number of anilines is 1. The first-order valence-corrected chi connectivity index (χ1v) is 6.65. The van der Waals surface area contributed by atoms with Crippen LogP contribution in [0.4, 0.5) is 5.69 Å². The summed E-state index contributed by atoms with van der Waals surface area (Å²) in [7, 11) is 0. The van der Waals surface area contributed by atoms with Crippen LogP contribution in [0.25, 0.3) is 0 Å². The zero-order chi connectivity index (χ0) is 14.2. The number of benzene rings is 1. The van der Waals surface area contributed by atoms with Gasteiger partial charge in [0, 0.05) is 24.2 Å². The van der Waals surface area contributed by atoms with Crippen molar-refractivity contribution in [3.8, 4) is 0 Å². The maximum atomic E-state index is 12.1. The van der Waals surface area contributed by atoms with E-state index in [1.54, 1.807) is 22.9 Å². The molecule has 1 atom stereocenters. The van der Waals surface area contributed by atoms with Gasteiger partial charge in [0.1, 0.15) is 12.2 Å². The number of aromatic nitrogens is 3. The van der Waals surface area contributed by atoms with Crippen molar-refractivity contribution in [1.29, 1.82) is 0 Å². The molecular formula is C14H16N4O2. The third-order valence-electron chi connectivity index (χ3n) is 3.54. The number of nitrogens with one attached hydrogen (secondary N) is 1. The summed E-state index contributed by atoms with van der Waals surface area (Å²) in [5.74, 6) is 0.200. The van der Waals surface area contributed by atoms with Crippen molar-refractivity contribution in [2.45, 2.75) is 31.9 Å². The van der Waals surface area contributed by atoms with Gasteiger partial charge in [0.05, 0.1) is 0 Å². The maximum absolute atomic E-state index is 12.1. The monoisotopic (exact) mass is 272 g/mol. The van der Waals surface area contributed by atoms with Crippen molar-refractivity contribution in [3.05, 3.63) is 42.0 Å². The summed E-state index contributed by atoms with van der Waals surface area (Å²) < 4.78 is 1.73. The fraction of sp³-hybridized carbons (Fsp3) is 0.357. The third kappa shape index (κ3) is 1.89. The van der Waals surface area contributed by atoms with E-state index in [1.807, 2.05) is 13.0 Å². The molecule has 1 unspecified atom stereocenters. The lowest BCUT2D eigenvalue weighted by molar-refractivity contribution is -0.133. The lowest BCUT2D eigenvalue weighted by Crippen LogP contribution is -2.37. The van der Waals surface area contributed by atoms with Crippen LogP contribution in [-0.2, 0) is 23.4 Å². The molecule has 0 aliphatic carbocycles. The number of hydrogen-bond acceptors (Lipinski definition) is 4. The minimum Gasteiger partial charge on any atom is -0.375 e. The molecule has 2 N–H and O–H groups in total. The van der Waals surface area contributed by atoms with E-state index in [0.717, 1.165) is 6.42 Å². The van der Waals surface area contributed by atoms with Crippen LogP contribution < -0.4 is 5.32 Å². The number of rotatable bonds is 4. The predicted octanol–water partition coefficient (Wildman–Crippen LogP) is 1.07. The molecule has 2 heterocycles. The Morgan fingerprint density at radius 3 is 3.00 bits per heavy atom. The van der Waals surface area contributed by atoms with Crippen LogP contribution in [0.2, 0.25) is 0 Å². The largest absolute Gasteiger partial charge is 0.375 e. The van der Waals surface area contributed by atoms with Gasteiger partial charge in [0.2, 0.25) is 0 Å². The van der Waals surface area contributed by atoms with Gasteiger partial charge in [-0.2, -0.15) is 5.10 Å². The molecule has 6 heteroatoms. The summed E-state index contributed by atoms with van der Waals surface area (Å²) in [6, 6.07) is 7.17. The Labute approximate surface area is 116 Å². The minimum absolute atomic E-state index is 0.121. The molecule has 1 aromatic carbocycles. The first-order chi connectivity index (χ1) is 9.65. The summed E-state index contributed by atoms with van der Waals surface area (Å²) in [5, 5.41) is 17.6. The van der Waals surface area contributed by atoms with Crippen LogP contribution in [0.5, 0.6) is 0 Å². The standard InChI is InChI=1S/C14H16N4O2/c1-2-7-18-12(15-9-16-18)8-14(20)10-5-3-4-6-11(10)17-13(14)19/h3-6,9,20H,2,7-8H2,1H3,(H,17,19). The highest BCUT2D eigenvalue weighted by molar-refractivity contribution is 6.04. The number of fused-ring (bicyclic) bond motifs is 1. The van der Waals surface area contributed by atoms with Crippen molar-refractivity contribution < 1.29 is 9.90 Å². The van der Waals surface area contributed by atoms with Gasteiger partial charge in [-0.15, -0.1) is 0 Å². The fourth-order valence-corrected chi connectivity index (χ4v) is 2.53. The van der Waals surface area contributed by atoms with E-state index in [4.69, 9.17) is 0 Å². The van der Waals surface area contributed by atoms with Gasteiger partial charge in [-0.25, -0.2) is 9.67 Å². The number of carbonyl (C=O) groups is 1. The van der Waals surface area contributed by atoms with E-state index in [2.05, 4.69) is 15.4 Å². The van der Waals surface area contributed by atoms with Crippen molar-refractivity contribution in [2.75, 3.05) is 5.32 Å². The normalized spacial score (nSPS) is 20.8. The van der Waals surface area contributed by atoms with Crippen LogP contribution in [0, 0.1) is 0 Å². The van der Waals surface area contributed by atoms with E-state index in [0.29, 0.717) is 23.6 Å². The van der Waals surface area contributed by atoms with Gasteiger partial charge >= 0.3 is 0 Å². The number of amides is 1. The Bertz CT molecular complexity index is 652. The summed E-state index contributed by atoms with van der Waals surface area (Å²) >= 11 is 0. The van der Waals surface area contributed by atoms with Crippen LogP contribution in [0.1, 0.15) is 24.7 Å². The van der Waals surface area contributed by atoms with E-state index in [-0.39, 0.29) is 6.42 Å². The summed E-state index contributed by atoms with van der Waals surface area (Å²) in [6.07, 6.45) is 2.49. The number of aryl methyl sites for hydroxylation is 1. The number of hydrogen-bond donors (Lipinski definition) is 2. The van der Waals surface area contributed by atoms with Crippen molar-refractivity contribution in [1.82, 2.24) is 14.8 Å². The molecule has 0 radical (unpaired) electrons. The first-order valence-electron chi connectivity index (χ1n) is 6.65. The van der Waals surface area contributed by atoms with E-state index >= 15 is 0 Å². The lowest BCUT2D eigenvalue weighted by atomic mass is 9.91. The maximum Gasteiger partial charge on any atom is 0.261 e. The first kappa shape index (κ1) is 12.8. The zero-order valence-electron chi connectivity index (χ0n) is 11.2. The summed E-state index contributed by atoms with van der Waals surface area (Å²) in [5.41, 5.74) is -0.327. The van der Waals surface area contributed by atoms with Gasteiger partial charge in [-0.3, -0.25) is 4.79 Å². The average Bonchev–Trinajstić information content (AvgIpc) is 2.96. The van der Waals surface area contributed by atoms with Crippen LogP contribution in [0.15, 0.2) is 30.6 Å². The Hall–Kier alpha value is -2.21. The average molecular weight is 272 g/mol. The second-order valence-electron chi connectivity index (χ2n) is 4.94. The molecule has 0 fully saturated rings. The van der Waals surface area contributed by atoms with Gasteiger partial charge in [-0.05, 0) is 12.5 Å². The molecule has 2 aromatic rings. The van der Waals surface area contributed by atoms with Crippen molar-refractivity contribution >= 4 is 11.6 Å². The topological polar surface area (TPSA) is 80.0 Å². The van der Waals surface area contributed by atoms with E-state index < -0.39 is 11.5 Å². The van der Waals surface area contributed by atoms with Crippen molar-refractivity contribution in [3.63, 3.8) is 0 Å². The van der Waals surface area contributed by atoms with Crippen LogP contribution in [0.3, 0.4) is 0 Å². The number of nitrogens with zero attached hydrogens (tertiary/aromatic N) is 3. The molecule has 1 aliphatic rings. The number of para-hydroxylation sites is 1. The molecule has 0 spiro atoms. The zero-order valence-corrected chi connectivity index (χ0v) is 11.2. The molecular weight excluding hydrogens is 256 g/mol. The second kappa shape index (κ2) is 4.72. The molecule has 0 bridgehead atoms. The van der Waals surface area contributed by atoms with Gasteiger partial charge < -0.3 is 10.4 Å². The molecule has 1 aliphatic heterocycles. The van der Waals surface area contributed by atoms with Crippen LogP contribution >= 0.6 is 0 Å². The third-order valence-corrected chi connectivity index (χ3v) is 3.54. The van der Waals surface area contributed by atoms with Gasteiger partial charge in [-0.1, -0.05) is 25.1 Å². The van der Waals surface area contributed by atoms with E-state index in [1.165, 1.54) is 6.33 Å². The summed E-state index contributed by atoms with van der Waals surface area (Å²) in [6.45, 7) is 2.76. The van der Waals surface area contributed by atoms with Crippen LogP contribution in [-0.4, -0.2) is 25.8 Å². The highest BCUT2D eigenvalue weighted by atomic mass is 16.3. The Kier molecular flexibility index (Phi) is 3.02.